The summed E-state index contributed by atoms with van der Waals surface area (Å²) in [5.41, 5.74) is 7.06. The van der Waals surface area contributed by atoms with Crippen molar-refractivity contribution >= 4 is 28.1 Å². The second-order valence-electron chi connectivity index (χ2n) is 6.90. The molecule has 1 aliphatic heterocycles. The van der Waals surface area contributed by atoms with Crippen molar-refractivity contribution in [1.82, 2.24) is 15.3 Å². The van der Waals surface area contributed by atoms with E-state index >= 15 is 0 Å². The first-order valence-corrected chi connectivity index (χ1v) is 9.48. The monoisotopic (exact) mass is 359 g/mol. The Labute approximate surface area is 152 Å². The van der Waals surface area contributed by atoms with Crippen LogP contribution in [0.15, 0.2) is 18.3 Å². The molecule has 0 saturated carbocycles. The van der Waals surface area contributed by atoms with E-state index in [9.17, 15) is 4.79 Å². The zero-order valence-electron chi connectivity index (χ0n) is 15.0. The maximum absolute atomic E-state index is 12.8. The smallest absolute Gasteiger partial charge is 0.208 e. The first-order valence-electron chi connectivity index (χ1n) is 8.66. The van der Waals surface area contributed by atoms with Crippen LogP contribution in [0.25, 0.3) is 0 Å². The van der Waals surface area contributed by atoms with E-state index in [2.05, 4.69) is 34.0 Å². The average Bonchev–Trinajstić information content (AvgIpc) is 2.96. The standard InChI is InChI=1S/C18H25N5OS/c1-11(2)9-13-10-23(8-7-20-13)18-22-12(3)16(25-18)15(24)14-5-4-6-21-17(14)19/h4-6,11,13,20H,7-10H2,1-3H3,(H2,19,21)/t13-/m0/s1. The third-order valence-corrected chi connectivity index (χ3v) is 5.57. The largest absolute Gasteiger partial charge is 0.383 e. The number of piperazine rings is 1. The Morgan fingerprint density at radius 3 is 3.04 bits per heavy atom. The van der Waals surface area contributed by atoms with Gasteiger partial charge in [0, 0.05) is 31.9 Å². The Bertz CT molecular complexity index is 758. The molecule has 0 radical (unpaired) electrons. The number of pyridine rings is 1. The van der Waals surface area contributed by atoms with Crippen LogP contribution in [0.5, 0.6) is 0 Å². The van der Waals surface area contributed by atoms with Gasteiger partial charge in [-0.3, -0.25) is 4.79 Å². The van der Waals surface area contributed by atoms with Crippen LogP contribution in [0.4, 0.5) is 10.9 Å². The van der Waals surface area contributed by atoms with Crippen molar-refractivity contribution in [1.29, 1.82) is 0 Å². The van der Waals surface area contributed by atoms with E-state index in [1.54, 1.807) is 18.3 Å². The van der Waals surface area contributed by atoms with Crippen molar-refractivity contribution in [3.8, 4) is 0 Å². The van der Waals surface area contributed by atoms with Crippen LogP contribution in [-0.2, 0) is 0 Å². The Hall–Kier alpha value is -1.99. The molecule has 1 aliphatic rings. The van der Waals surface area contributed by atoms with Gasteiger partial charge >= 0.3 is 0 Å². The van der Waals surface area contributed by atoms with Gasteiger partial charge in [0.1, 0.15) is 10.7 Å². The summed E-state index contributed by atoms with van der Waals surface area (Å²) in [5, 5.41) is 4.49. The van der Waals surface area contributed by atoms with Gasteiger partial charge in [0.2, 0.25) is 5.78 Å². The number of nitrogens with zero attached hydrogens (tertiary/aromatic N) is 3. The molecule has 6 nitrogen and oxygen atoms in total. The fraction of sp³-hybridized carbons (Fsp3) is 0.500. The van der Waals surface area contributed by atoms with Crippen LogP contribution in [0.1, 0.15) is 41.2 Å². The van der Waals surface area contributed by atoms with Gasteiger partial charge < -0.3 is 16.0 Å². The highest BCUT2D eigenvalue weighted by atomic mass is 32.1. The lowest BCUT2D eigenvalue weighted by Gasteiger charge is -2.34. The fourth-order valence-corrected chi connectivity index (χ4v) is 4.24. The van der Waals surface area contributed by atoms with Gasteiger partial charge in [0.05, 0.1) is 11.3 Å². The zero-order valence-corrected chi connectivity index (χ0v) is 15.8. The SMILES string of the molecule is Cc1nc(N2CCN[C@@H](CC(C)C)C2)sc1C(=O)c1cccnc1N. The highest BCUT2D eigenvalue weighted by Crippen LogP contribution is 2.30. The number of aromatic nitrogens is 2. The molecule has 1 fully saturated rings. The topological polar surface area (TPSA) is 84.1 Å². The molecule has 3 rings (SSSR count). The summed E-state index contributed by atoms with van der Waals surface area (Å²) in [6.07, 6.45) is 2.73. The summed E-state index contributed by atoms with van der Waals surface area (Å²) >= 11 is 1.45. The number of nitrogens with one attached hydrogen (secondary N) is 1. The Morgan fingerprint density at radius 2 is 2.32 bits per heavy atom. The lowest BCUT2D eigenvalue weighted by Crippen LogP contribution is -2.51. The van der Waals surface area contributed by atoms with E-state index in [0.717, 1.165) is 36.9 Å². The van der Waals surface area contributed by atoms with E-state index in [1.807, 2.05) is 6.92 Å². The lowest BCUT2D eigenvalue weighted by molar-refractivity contribution is 0.104. The molecule has 3 heterocycles. The van der Waals surface area contributed by atoms with E-state index in [1.165, 1.54) is 11.3 Å². The van der Waals surface area contributed by atoms with Gasteiger partial charge in [-0.05, 0) is 31.4 Å². The zero-order chi connectivity index (χ0) is 18.0. The molecule has 2 aromatic rings. The van der Waals surface area contributed by atoms with Gasteiger partial charge in [0.15, 0.2) is 5.13 Å². The van der Waals surface area contributed by atoms with Crippen LogP contribution >= 0.6 is 11.3 Å². The van der Waals surface area contributed by atoms with Crippen molar-refractivity contribution in [2.45, 2.75) is 33.2 Å². The molecule has 7 heteroatoms. The molecule has 0 amide bonds. The normalized spacial score (nSPS) is 17.9. The third-order valence-electron chi connectivity index (χ3n) is 4.36. The Balaban J connectivity index is 1.80. The summed E-state index contributed by atoms with van der Waals surface area (Å²) in [5.74, 6) is 0.822. The molecule has 25 heavy (non-hydrogen) atoms. The van der Waals surface area contributed by atoms with Crippen molar-refractivity contribution in [2.24, 2.45) is 5.92 Å². The molecule has 0 spiro atoms. The first-order chi connectivity index (χ1) is 12.0. The molecule has 134 valence electrons. The number of rotatable bonds is 5. The van der Waals surface area contributed by atoms with Crippen LogP contribution in [0, 0.1) is 12.8 Å². The minimum Gasteiger partial charge on any atom is -0.383 e. The minimum atomic E-state index is -0.0966. The Morgan fingerprint density at radius 1 is 1.52 bits per heavy atom. The van der Waals surface area contributed by atoms with Gasteiger partial charge in [-0.25, -0.2) is 9.97 Å². The predicted molar refractivity (Wildman–Crippen MR) is 102 cm³/mol. The lowest BCUT2D eigenvalue weighted by atomic mass is 10.0. The molecule has 0 aliphatic carbocycles. The van der Waals surface area contributed by atoms with E-state index < -0.39 is 0 Å². The highest BCUT2D eigenvalue weighted by molar-refractivity contribution is 7.17. The second-order valence-corrected chi connectivity index (χ2v) is 7.88. The van der Waals surface area contributed by atoms with Crippen LogP contribution in [0.2, 0.25) is 0 Å². The third kappa shape index (κ3) is 3.99. The molecule has 2 aromatic heterocycles. The summed E-state index contributed by atoms with van der Waals surface area (Å²) in [6.45, 7) is 9.13. The molecular formula is C18H25N5OS. The molecule has 0 aromatic carbocycles. The number of nitrogens with two attached hydrogens (primary N) is 1. The quantitative estimate of drug-likeness (QED) is 0.798. The fourth-order valence-electron chi connectivity index (χ4n) is 3.19. The maximum atomic E-state index is 12.8. The summed E-state index contributed by atoms with van der Waals surface area (Å²) in [6, 6.07) is 3.91. The number of hydrogen-bond donors (Lipinski definition) is 2. The van der Waals surface area contributed by atoms with Crippen molar-refractivity contribution in [3.05, 3.63) is 34.5 Å². The first kappa shape index (κ1) is 17.8. The molecule has 1 saturated heterocycles. The van der Waals surface area contributed by atoms with Crippen molar-refractivity contribution < 1.29 is 4.79 Å². The molecular weight excluding hydrogens is 334 g/mol. The van der Waals surface area contributed by atoms with Crippen LogP contribution in [-0.4, -0.2) is 41.4 Å². The molecule has 0 bridgehead atoms. The number of thiazole rings is 1. The highest BCUT2D eigenvalue weighted by Gasteiger charge is 2.25. The second kappa shape index (κ2) is 7.49. The van der Waals surface area contributed by atoms with Crippen molar-refractivity contribution in [3.63, 3.8) is 0 Å². The number of carbonyl (C=O) groups excluding carboxylic acids is 1. The van der Waals surface area contributed by atoms with E-state index in [0.29, 0.717) is 22.4 Å². The Kier molecular flexibility index (Phi) is 5.34. The number of anilines is 2. The average molecular weight is 359 g/mol. The van der Waals surface area contributed by atoms with Gasteiger partial charge in [0.25, 0.3) is 0 Å². The molecule has 0 unspecified atom stereocenters. The number of aryl methyl sites for hydroxylation is 1. The number of ketones is 1. The number of nitrogen functional groups attached to an aromatic ring is 1. The summed E-state index contributed by atoms with van der Waals surface area (Å²) in [7, 11) is 0. The summed E-state index contributed by atoms with van der Waals surface area (Å²) < 4.78 is 0. The van der Waals surface area contributed by atoms with Gasteiger partial charge in [-0.2, -0.15) is 0 Å². The maximum Gasteiger partial charge on any atom is 0.208 e. The number of hydrogen-bond acceptors (Lipinski definition) is 7. The number of carbonyl (C=O) groups is 1. The van der Waals surface area contributed by atoms with Gasteiger partial charge in [-0.15, -0.1) is 0 Å². The van der Waals surface area contributed by atoms with E-state index in [4.69, 9.17) is 5.73 Å². The van der Waals surface area contributed by atoms with Crippen LogP contribution < -0.4 is 16.0 Å². The molecule has 1 atom stereocenters. The van der Waals surface area contributed by atoms with E-state index in [-0.39, 0.29) is 11.6 Å². The van der Waals surface area contributed by atoms with Gasteiger partial charge in [-0.1, -0.05) is 25.2 Å². The van der Waals surface area contributed by atoms with Crippen molar-refractivity contribution in [2.75, 3.05) is 30.3 Å². The molecule has 3 N–H and O–H groups in total. The van der Waals surface area contributed by atoms with Crippen LogP contribution in [0.3, 0.4) is 0 Å². The predicted octanol–water partition coefficient (Wildman–Crippen LogP) is 2.48. The minimum absolute atomic E-state index is 0.0966. The summed E-state index contributed by atoms with van der Waals surface area (Å²) in [4.78, 5) is 24.4.